The molecule has 1 fully saturated rings. The molecule has 1 saturated heterocycles. The van der Waals surface area contributed by atoms with E-state index >= 15 is 0 Å². The molecule has 3 nitrogen and oxygen atoms in total. The second kappa shape index (κ2) is 6.75. The van der Waals surface area contributed by atoms with E-state index in [0.717, 1.165) is 28.8 Å². The third kappa shape index (κ3) is 4.10. The van der Waals surface area contributed by atoms with Crippen molar-refractivity contribution in [3.63, 3.8) is 0 Å². The Kier molecular flexibility index (Phi) is 5.02. The molecule has 0 saturated carbocycles. The van der Waals surface area contributed by atoms with E-state index in [-0.39, 0.29) is 0 Å². The van der Waals surface area contributed by atoms with E-state index in [9.17, 15) is 4.79 Å². The summed E-state index contributed by atoms with van der Waals surface area (Å²) in [6, 6.07) is 6.05. The monoisotopic (exact) mass is 323 g/mol. The minimum Gasteiger partial charge on any atom is -0.478 e. The average Bonchev–Trinajstić information content (AvgIpc) is 2.65. The molecule has 4 heteroatoms. The number of carbonyl (C=O) groups is 1. The van der Waals surface area contributed by atoms with Crippen molar-refractivity contribution >= 4 is 33.7 Å². The Balaban J connectivity index is 2.29. The summed E-state index contributed by atoms with van der Waals surface area (Å²) in [4.78, 5) is 13.1. The quantitative estimate of drug-likeness (QED) is 0.857. The van der Waals surface area contributed by atoms with Crippen LogP contribution in [0.2, 0.25) is 0 Å². The average molecular weight is 324 g/mol. The van der Waals surface area contributed by atoms with Crippen molar-refractivity contribution in [1.29, 1.82) is 0 Å². The molecule has 1 aromatic rings. The molecule has 0 radical (unpaired) electrons. The normalized spacial score (nSPS) is 16.6. The minimum absolute atomic E-state index is 0.915. The van der Waals surface area contributed by atoms with Gasteiger partial charge in [0.05, 0.1) is 0 Å². The van der Waals surface area contributed by atoms with Gasteiger partial charge in [-0.3, -0.25) is 0 Å². The lowest BCUT2D eigenvalue weighted by Crippen LogP contribution is -2.24. The highest BCUT2D eigenvalue weighted by Gasteiger charge is 2.12. The molecule has 0 unspecified atom stereocenters. The van der Waals surface area contributed by atoms with Crippen molar-refractivity contribution in [2.24, 2.45) is 0 Å². The largest absolute Gasteiger partial charge is 0.478 e. The van der Waals surface area contributed by atoms with Crippen molar-refractivity contribution in [3.05, 3.63) is 34.3 Å². The number of rotatable bonds is 3. The Morgan fingerprint density at radius 2 is 1.89 bits per heavy atom. The van der Waals surface area contributed by atoms with Gasteiger partial charge in [0.1, 0.15) is 0 Å². The molecule has 0 aromatic heterocycles. The first kappa shape index (κ1) is 14.1. The van der Waals surface area contributed by atoms with Gasteiger partial charge in [-0.15, -0.1) is 0 Å². The van der Waals surface area contributed by atoms with Crippen LogP contribution in [0.25, 0.3) is 6.08 Å². The van der Waals surface area contributed by atoms with Gasteiger partial charge in [-0.2, -0.15) is 0 Å². The highest BCUT2D eigenvalue weighted by molar-refractivity contribution is 9.10. The van der Waals surface area contributed by atoms with Gasteiger partial charge in [0.15, 0.2) is 0 Å². The molecule has 0 atom stereocenters. The molecule has 0 amide bonds. The third-order valence-corrected chi connectivity index (χ3v) is 3.84. The fourth-order valence-corrected chi connectivity index (χ4v) is 2.80. The van der Waals surface area contributed by atoms with Crippen LogP contribution in [-0.2, 0) is 4.79 Å². The number of anilines is 1. The maximum atomic E-state index is 10.7. The first-order valence-corrected chi connectivity index (χ1v) is 7.41. The van der Waals surface area contributed by atoms with Crippen LogP contribution in [0.1, 0.15) is 31.2 Å². The first-order valence-electron chi connectivity index (χ1n) is 6.62. The molecule has 1 N–H and O–H groups in total. The van der Waals surface area contributed by atoms with E-state index in [2.05, 4.69) is 26.9 Å². The zero-order valence-corrected chi connectivity index (χ0v) is 12.4. The van der Waals surface area contributed by atoms with Crippen LogP contribution in [0.15, 0.2) is 28.7 Å². The van der Waals surface area contributed by atoms with E-state index in [1.54, 1.807) is 6.08 Å². The predicted molar refractivity (Wildman–Crippen MR) is 81.5 cm³/mol. The van der Waals surface area contributed by atoms with Crippen molar-refractivity contribution in [3.8, 4) is 0 Å². The van der Waals surface area contributed by atoms with Crippen LogP contribution in [-0.4, -0.2) is 24.2 Å². The minimum atomic E-state index is -0.915. The SMILES string of the molecule is O=C(O)C=Cc1cc(Br)ccc1N1CCCCCC1. The zero-order chi connectivity index (χ0) is 13.7. The predicted octanol–water partition coefficient (Wildman–Crippen LogP) is 3.93. The van der Waals surface area contributed by atoms with Crippen LogP contribution in [0.5, 0.6) is 0 Å². The lowest BCUT2D eigenvalue weighted by Gasteiger charge is -2.24. The number of benzene rings is 1. The summed E-state index contributed by atoms with van der Waals surface area (Å²) in [7, 11) is 0. The summed E-state index contributed by atoms with van der Waals surface area (Å²) >= 11 is 3.44. The third-order valence-electron chi connectivity index (χ3n) is 3.34. The van der Waals surface area contributed by atoms with Gasteiger partial charge in [-0.05, 0) is 42.7 Å². The molecule has 1 aliphatic heterocycles. The van der Waals surface area contributed by atoms with E-state index in [0.29, 0.717) is 0 Å². The van der Waals surface area contributed by atoms with E-state index in [4.69, 9.17) is 5.11 Å². The van der Waals surface area contributed by atoms with Gasteiger partial charge in [-0.1, -0.05) is 28.8 Å². The Bertz CT molecular complexity index is 477. The number of aliphatic carboxylic acids is 1. The Hall–Kier alpha value is -1.29. The van der Waals surface area contributed by atoms with Crippen molar-refractivity contribution in [1.82, 2.24) is 0 Å². The molecular formula is C15H18BrNO2. The molecule has 0 aliphatic carbocycles. The summed E-state index contributed by atoms with van der Waals surface area (Å²) in [5, 5.41) is 8.78. The summed E-state index contributed by atoms with van der Waals surface area (Å²) in [6.45, 7) is 2.10. The molecule has 19 heavy (non-hydrogen) atoms. The second-order valence-electron chi connectivity index (χ2n) is 4.78. The van der Waals surface area contributed by atoms with Gasteiger partial charge < -0.3 is 10.0 Å². The Labute approximate surface area is 122 Å². The standard InChI is InChI=1S/C15H18BrNO2/c16-13-6-7-14(12(11-13)5-8-15(18)19)17-9-3-1-2-4-10-17/h5-8,11H,1-4,9-10H2,(H,18,19). The van der Waals surface area contributed by atoms with Gasteiger partial charge in [-0.25, -0.2) is 4.79 Å². The summed E-state index contributed by atoms with van der Waals surface area (Å²) in [5.74, 6) is -0.915. The fraction of sp³-hybridized carbons (Fsp3) is 0.400. The molecule has 1 heterocycles. The van der Waals surface area contributed by atoms with Gasteiger partial charge in [0.25, 0.3) is 0 Å². The number of halogens is 1. The van der Waals surface area contributed by atoms with Gasteiger partial charge >= 0.3 is 5.97 Å². The summed E-state index contributed by atoms with van der Waals surface area (Å²) < 4.78 is 0.969. The molecular weight excluding hydrogens is 306 g/mol. The molecule has 2 rings (SSSR count). The molecule has 102 valence electrons. The van der Waals surface area contributed by atoms with Crippen LogP contribution in [0.4, 0.5) is 5.69 Å². The van der Waals surface area contributed by atoms with Crippen LogP contribution in [0, 0.1) is 0 Å². The van der Waals surface area contributed by atoms with Gasteiger partial charge in [0.2, 0.25) is 0 Å². The van der Waals surface area contributed by atoms with Crippen LogP contribution in [0.3, 0.4) is 0 Å². The topological polar surface area (TPSA) is 40.5 Å². The zero-order valence-electron chi connectivity index (χ0n) is 10.8. The smallest absolute Gasteiger partial charge is 0.328 e. The number of hydrogen-bond donors (Lipinski definition) is 1. The van der Waals surface area contributed by atoms with Gasteiger partial charge in [0, 0.05) is 29.3 Å². The lowest BCUT2D eigenvalue weighted by atomic mass is 10.1. The second-order valence-corrected chi connectivity index (χ2v) is 5.69. The highest BCUT2D eigenvalue weighted by atomic mass is 79.9. The lowest BCUT2D eigenvalue weighted by molar-refractivity contribution is -0.131. The molecule has 1 aromatic carbocycles. The van der Waals surface area contributed by atoms with Crippen molar-refractivity contribution < 1.29 is 9.90 Å². The van der Waals surface area contributed by atoms with Crippen LogP contribution >= 0.6 is 15.9 Å². The van der Waals surface area contributed by atoms with E-state index < -0.39 is 5.97 Å². The van der Waals surface area contributed by atoms with E-state index in [1.807, 2.05) is 12.1 Å². The Morgan fingerprint density at radius 3 is 2.53 bits per heavy atom. The van der Waals surface area contributed by atoms with Crippen molar-refractivity contribution in [2.45, 2.75) is 25.7 Å². The molecule has 0 spiro atoms. The van der Waals surface area contributed by atoms with Crippen molar-refractivity contribution in [2.75, 3.05) is 18.0 Å². The maximum Gasteiger partial charge on any atom is 0.328 e. The van der Waals surface area contributed by atoms with Crippen LogP contribution < -0.4 is 4.90 Å². The highest BCUT2D eigenvalue weighted by Crippen LogP contribution is 2.28. The number of carboxylic acid groups (broad SMARTS) is 1. The number of hydrogen-bond acceptors (Lipinski definition) is 2. The summed E-state index contributed by atoms with van der Waals surface area (Å²) in [6.07, 6.45) is 7.85. The number of nitrogens with zero attached hydrogens (tertiary/aromatic N) is 1. The number of carboxylic acids is 1. The summed E-state index contributed by atoms with van der Waals surface area (Å²) in [5.41, 5.74) is 2.08. The molecule has 1 aliphatic rings. The maximum absolute atomic E-state index is 10.7. The first-order chi connectivity index (χ1) is 9.16. The van der Waals surface area contributed by atoms with E-state index in [1.165, 1.54) is 31.8 Å². The Morgan fingerprint density at radius 1 is 1.21 bits per heavy atom. The molecule has 0 bridgehead atoms. The fourth-order valence-electron chi connectivity index (χ4n) is 2.42.